The molecule has 0 atom stereocenters. The Kier molecular flexibility index (Phi) is 6.00. The molecule has 3 N–H and O–H groups in total. The number of hydrogen-bond acceptors (Lipinski definition) is 5. The Morgan fingerprint density at radius 2 is 2.00 bits per heavy atom. The van der Waals surface area contributed by atoms with Gasteiger partial charge in [0.1, 0.15) is 0 Å². The number of aromatic amines is 1. The summed E-state index contributed by atoms with van der Waals surface area (Å²) in [4.78, 5) is 27.3. The summed E-state index contributed by atoms with van der Waals surface area (Å²) in [5.74, 6) is 0.219. The lowest BCUT2D eigenvalue weighted by atomic mass is 10.2. The van der Waals surface area contributed by atoms with E-state index < -0.39 is 11.9 Å². The van der Waals surface area contributed by atoms with Gasteiger partial charge in [-0.25, -0.2) is 9.78 Å². The van der Waals surface area contributed by atoms with Crippen LogP contribution in [0.5, 0.6) is 0 Å². The van der Waals surface area contributed by atoms with Crippen molar-refractivity contribution in [3.63, 3.8) is 0 Å². The maximum Gasteiger partial charge on any atom is 0.321 e. The summed E-state index contributed by atoms with van der Waals surface area (Å²) in [6, 6.07) is 6.60. The van der Waals surface area contributed by atoms with Crippen molar-refractivity contribution >= 4 is 35.3 Å². The molecule has 1 aromatic heterocycles. The van der Waals surface area contributed by atoms with Crippen molar-refractivity contribution in [1.29, 1.82) is 0 Å². The lowest BCUT2D eigenvalue weighted by Gasteiger charge is -2.08. The smallest absolute Gasteiger partial charge is 0.321 e. The van der Waals surface area contributed by atoms with Crippen molar-refractivity contribution < 1.29 is 9.59 Å². The van der Waals surface area contributed by atoms with Crippen LogP contribution in [0.25, 0.3) is 11.4 Å². The molecule has 2 rings (SSSR count). The van der Waals surface area contributed by atoms with Crippen molar-refractivity contribution in [2.24, 2.45) is 0 Å². The van der Waals surface area contributed by atoms with Crippen LogP contribution in [0.3, 0.4) is 0 Å². The number of nitrogens with zero attached hydrogens (tertiary/aromatic N) is 2. The second-order valence-corrected chi connectivity index (χ2v) is 6.32. The Bertz CT molecular complexity index is 687. The minimum atomic E-state index is -0.512. The zero-order valence-electron chi connectivity index (χ0n) is 12.6. The van der Waals surface area contributed by atoms with Crippen LogP contribution in [0.4, 0.5) is 4.79 Å². The first-order chi connectivity index (χ1) is 10.9. The van der Waals surface area contributed by atoms with E-state index in [1.54, 1.807) is 12.1 Å². The highest BCUT2D eigenvalue weighted by atomic mass is 35.5. The summed E-state index contributed by atoms with van der Waals surface area (Å²) in [5.41, 5.74) is 0.842. The number of aromatic nitrogens is 3. The molecule has 0 aliphatic heterocycles. The average Bonchev–Trinajstić information content (AvgIpc) is 2.94. The van der Waals surface area contributed by atoms with Gasteiger partial charge in [0.05, 0.1) is 5.75 Å². The van der Waals surface area contributed by atoms with E-state index in [1.807, 2.05) is 26.0 Å². The number of H-pyrrole nitrogens is 1. The Morgan fingerprint density at radius 1 is 1.30 bits per heavy atom. The normalized spacial score (nSPS) is 10.6. The van der Waals surface area contributed by atoms with Crippen molar-refractivity contribution in [1.82, 2.24) is 25.8 Å². The maximum atomic E-state index is 11.6. The van der Waals surface area contributed by atoms with Gasteiger partial charge < -0.3 is 5.32 Å². The summed E-state index contributed by atoms with van der Waals surface area (Å²) in [5, 5.41) is 12.7. The molecule has 9 heteroatoms. The quantitative estimate of drug-likeness (QED) is 0.717. The lowest BCUT2D eigenvalue weighted by molar-refractivity contribution is -0.117. The predicted molar refractivity (Wildman–Crippen MR) is 89.4 cm³/mol. The maximum absolute atomic E-state index is 11.6. The summed E-state index contributed by atoms with van der Waals surface area (Å²) in [6.45, 7) is 3.62. The molecule has 3 amide bonds. The van der Waals surface area contributed by atoms with Crippen LogP contribution in [-0.2, 0) is 4.79 Å². The predicted octanol–water partition coefficient (Wildman–Crippen LogP) is 2.45. The molecule has 23 heavy (non-hydrogen) atoms. The minimum Gasteiger partial charge on any atom is -0.336 e. The van der Waals surface area contributed by atoms with E-state index >= 15 is 0 Å². The molecule has 0 bridgehead atoms. The fourth-order valence-corrected chi connectivity index (χ4v) is 2.36. The summed E-state index contributed by atoms with van der Waals surface area (Å²) < 4.78 is 0. The molecule has 0 spiro atoms. The Labute approximate surface area is 142 Å². The number of amides is 3. The molecule has 0 unspecified atom stereocenters. The highest BCUT2D eigenvalue weighted by molar-refractivity contribution is 7.99. The van der Waals surface area contributed by atoms with Gasteiger partial charge in [0, 0.05) is 16.6 Å². The molecule has 1 aromatic carbocycles. The third-order valence-electron chi connectivity index (χ3n) is 2.59. The molecule has 2 aromatic rings. The fraction of sp³-hybridized carbons (Fsp3) is 0.286. The monoisotopic (exact) mass is 353 g/mol. The average molecular weight is 354 g/mol. The van der Waals surface area contributed by atoms with Crippen molar-refractivity contribution in [3.8, 4) is 11.4 Å². The van der Waals surface area contributed by atoms with Crippen LogP contribution < -0.4 is 10.6 Å². The molecule has 0 saturated carbocycles. The number of halogens is 1. The molecule has 122 valence electrons. The van der Waals surface area contributed by atoms with E-state index in [0.29, 0.717) is 16.0 Å². The van der Waals surface area contributed by atoms with Gasteiger partial charge in [-0.2, -0.15) is 0 Å². The van der Waals surface area contributed by atoms with Gasteiger partial charge in [0.15, 0.2) is 5.82 Å². The minimum absolute atomic E-state index is 0.0367. The summed E-state index contributed by atoms with van der Waals surface area (Å²) in [7, 11) is 0. The molecule has 0 radical (unpaired) electrons. The molecule has 1 heterocycles. The number of thioether (sulfide) groups is 1. The molecule has 7 nitrogen and oxygen atoms in total. The number of imide groups is 1. The highest BCUT2D eigenvalue weighted by Gasteiger charge is 2.11. The summed E-state index contributed by atoms with van der Waals surface area (Å²) in [6.07, 6.45) is 0. The van der Waals surface area contributed by atoms with Crippen LogP contribution in [0.15, 0.2) is 29.4 Å². The standard InChI is InChI=1S/C14H16ClN5O2S/c1-8(2)16-13(22)17-11(21)7-23-14-18-12(19-20-14)9-3-5-10(15)6-4-9/h3-6,8H,7H2,1-2H3,(H,18,19,20)(H2,16,17,21,22). The first kappa shape index (κ1) is 17.3. The van der Waals surface area contributed by atoms with Crippen LogP contribution in [0.1, 0.15) is 13.8 Å². The summed E-state index contributed by atoms with van der Waals surface area (Å²) >= 11 is 6.97. The van der Waals surface area contributed by atoms with E-state index in [9.17, 15) is 9.59 Å². The van der Waals surface area contributed by atoms with E-state index in [2.05, 4.69) is 25.8 Å². The van der Waals surface area contributed by atoms with Crippen molar-refractivity contribution in [2.45, 2.75) is 25.0 Å². The number of benzene rings is 1. The second-order valence-electron chi connectivity index (χ2n) is 4.94. The fourth-order valence-electron chi connectivity index (χ4n) is 1.64. The van der Waals surface area contributed by atoms with Crippen LogP contribution in [0.2, 0.25) is 5.02 Å². The molecule has 0 fully saturated rings. The number of urea groups is 1. The number of hydrogen-bond donors (Lipinski definition) is 3. The van der Waals surface area contributed by atoms with Crippen LogP contribution >= 0.6 is 23.4 Å². The molecular formula is C14H16ClN5O2S. The van der Waals surface area contributed by atoms with Crippen LogP contribution in [0, 0.1) is 0 Å². The molecular weight excluding hydrogens is 338 g/mol. The van der Waals surface area contributed by atoms with Gasteiger partial charge in [0.25, 0.3) is 0 Å². The lowest BCUT2D eigenvalue weighted by Crippen LogP contribution is -2.43. The second kappa shape index (κ2) is 7.98. The van der Waals surface area contributed by atoms with E-state index in [0.717, 1.165) is 17.3 Å². The SMILES string of the molecule is CC(C)NC(=O)NC(=O)CSc1n[nH]c(-c2ccc(Cl)cc2)n1. The Balaban J connectivity index is 1.86. The number of rotatable bonds is 5. The van der Waals surface area contributed by atoms with E-state index in [1.165, 1.54) is 0 Å². The highest BCUT2D eigenvalue weighted by Crippen LogP contribution is 2.20. The van der Waals surface area contributed by atoms with Gasteiger partial charge in [-0.15, -0.1) is 5.10 Å². The third-order valence-corrected chi connectivity index (χ3v) is 3.69. The van der Waals surface area contributed by atoms with Gasteiger partial charge in [0.2, 0.25) is 11.1 Å². The number of nitrogens with one attached hydrogen (secondary N) is 3. The van der Waals surface area contributed by atoms with Gasteiger partial charge in [-0.3, -0.25) is 15.2 Å². The van der Waals surface area contributed by atoms with Crippen LogP contribution in [-0.4, -0.2) is 38.9 Å². The number of carbonyl (C=O) groups is 2. The van der Waals surface area contributed by atoms with E-state index in [-0.39, 0.29) is 11.8 Å². The van der Waals surface area contributed by atoms with Gasteiger partial charge in [-0.1, -0.05) is 23.4 Å². The third kappa shape index (κ3) is 5.57. The van der Waals surface area contributed by atoms with Crippen molar-refractivity contribution in [2.75, 3.05) is 5.75 Å². The largest absolute Gasteiger partial charge is 0.336 e. The topological polar surface area (TPSA) is 99.8 Å². The molecule has 0 aliphatic rings. The van der Waals surface area contributed by atoms with Gasteiger partial charge >= 0.3 is 6.03 Å². The zero-order valence-corrected chi connectivity index (χ0v) is 14.2. The van der Waals surface area contributed by atoms with Gasteiger partial charge in [-0.05, 0) is 38.1 Å². The molecule has 0 saturated heterocycles. The Morgan fingerprint density at radius 3 is 2.65 bits per heavy atom. The first-order valence-corrected chi connectivity index (χ1v) is 8.22. The zero-order chi connectivity index (χ0) is 16.8. The Hall–Kier alpha value is -2.06. The first-order valence-electron chi connectivity index (χ1n) is 6.85. The number of carbonyl (C=O) groups excluding carboxylic acids is 2. The van der Waals surface area contributed by atoms with E-state index in [4.69, 9.17) is 11.6 Å². The molecule has 0 aliphatic carbocycles. The van der Waals surface area contributed by atoms with Crippen molar-refractivity contribution in [3.05, 3.63) is 29.3 Å².